The Balaban J connectivity index is 0.00000461. The Morgan fingerprint density at radius 2 is 1.84 bits per heavy atom. The van der Waals surface area contributed by atoms with Crippen molar-refractivity contribution in [1.82, 2.24) is 25.3 Å². The number of rotatable bonds is 12. The predicted molar refractivity (Wildman–Crippen MR) is 179 cm³/mol. The highest BCUT2D eigenvalue weighted by Gasteiger charge is 2.35. The van der Waals surface area contributed by atoms with Crippen LogP contribution in [0, 0.1) is 5.92 Å². The van der Waals surface area contributed by atoms with Crippen molar-refractivity contribution >= 4 is 29.9 Å². The highest BCUT2D eigenvalue weighted by atomic mass is 35.5. The number of aromatic nitrogens is 2. The summed E-state index contributed by atoms with van der Waals surface area (Å²) < 4.78 is 11.9. The zero-order chi connectivity index (χ0) is 30.9. The molecule has 2 saturated heterocycles. The number of hydrogen-bond acceptors (Lipinski definition) is 7. The first-order chi connectivity index (χ1) is 21.3. The summed E-state index contributed by atoms with van der Waals surface area (Å²) in [5, 5.41) is 10.2. The summed E-state index contributed by atoms with van der Waals surface area (Å²) in [7, 11) is 0. The van der Waals surface area contributed by atoms with E-state index in [4.69, 9.17) is 9.47 Å². The molecule has 1 aromatic heterocycles. The number of halogens is 1. The van der Waals surface area contributed by atoms with E-state index in [1.807, 2.05) is 55.0 Å². The number of nitrogens with zero attached hydrogens (tertiary/aromatic N) is 4. The Hall–Kier alpha value is -3.60. The Morgan fingerprint density at radius 3 is 2.56 bits per heavy atom. The number of anilines is 1. The first-order valence-electron chi connectivity index (χ1n) is 15.8. The van der Waals surface area contributed by atoms with Crippen LogP contribution in [0.15, 0.2) is 60.9 Å². The molecule has 244 valence electrons. The third-order valence-corrected chi connectivity index (χ3v) is 8.43. The Kier molecular flexibility index (Phi) is 12.3. The number of piperidine rings is 1. The molecule has 0 spiro atoms. The van der Waals surface area contributed by atoms with Gasteiger partial charge >= 0.3 is 0 Å². The molecule has 3 heterocycles. The molecule has 2 fully saturated rings. The molecule has 2 N–H and O–H groups in total. The average Bonchev–Trinajstić information content (AvgIpc) is 3.60. The maximum atomic E-state index is 14.0. The SMILES string of the molecule is CCOCCN(Cc1ccc(-c2cn[nH]c2)cc1)C(=O)[C@H]1CCCN(c2cccc(OC(C)(C)C(=O)N3CCNCC3)c2)C1.Cl. The summed E-state index contributed by atoms with van der Waals surface area (Å²) in [6.45, 7) is 12.3. The number of carbonyl (C=O) groups excluding carboxylic acids is 2. The van der Waals surface area contributed by atoms with Gasteiger partial charge in [0.2, 0.25) is 5.91 Å². The highest BCUT2D eigenvalue weighted by molar-refractivity contribution is 5.85. The lowest BCUT2D eigenvalue weighted by atomic mass is 9.95. The number of ether oxygens (including phenoxy) is 2. The van der Waals surface area contributed by atoms with E-state index < -0.39 is 5.60 Å². The molecule has 2 aliphatic rings. The van der Waals surface area contributed by atoms with Crippen LogP contribution >= 0.6 is 12.4 Å². The van der Waals surface area contributed by atoms with E-state index in [-0.39, 0.29) is 30.1 Å². The summed E-state index contributed by atoms with van der Waals surface area (Å²) >= 11 is 0. The molecule has 0 unspecified atom stereocenters. The fraction of sp³-hybridized carbons (Fsp3) is 0.500. The van der Waals surface area contributed by atoms with Crippen molar-refractivity contribution in [2.45, 2.75) is 45.8 Å². The lowest BCUT2D eigenvalue weighted by molar-refractivity contribution is -0.146. The van der Waals surface area contributed by atoms with Gasteiger partial charge in [0.05, 0.1) is 18.7 Å². The van der Waals surface area contributed by atoms with Crippen LogP contribution in [0.4, 0.5) is 5.69 Å². The van der Waals surface area contributed by atoms with Crippen molar-refractivity contribution in [3.8, 4) is 16.9 Å². The van der Waals surface area contributed by atoms with Gasteiger partial charge in [0, 0.05) is 82.5 Å². The largest absolute Gasteiger partial charge is 0.478 e. The number of aromatic amines is 1. The number of benzene rings is 2. The van der Waals surface area contributed by atoms with Gasteiger partial charge in [0.1, 0.15) is 5.75 Å². The van der Waals surface area contributed by atoms with Crippen LogP contribution in [0.3, 0.4) is 0 Å². The highest BCUT2D eigenvalue weighted by Crippen LogP contribution is 2.30. The van der Waals surface area contributed by atoms with E-state index in [1.54, 1.807) is 6.20 Å². The van der Waals surface area contributed by atoms with Crippen molar-refractivity contribution in [1.29, 1.82) is 0 Å². The second-order valence-electron chi connectivity index (χ2n) is 12.1. The summed E-state index contributed by atoms with van der Waals surface area (Å²) in [5.41, 5.74) is 3.22. The summed E-state index contributed by atoms with van der Waals surface area (Å²) in [5.74, 6) is 0.687. The van der Waals surface area contributed by atoms with Crippen LogP contribution < -0.4 is 15.0 Å². The lowest BCUT2D eigenvalue weighted by Gasteiger charge is -2.37. The maximum absolute atomic E-state index is 14.0. The van der Waals surface area contributed by atoms with Crippen LogP contribution in [-0.4, -0.2) is 96.4 Å². The van der Waals surface area contributed by atoms with Gasteiger partial charge in [-0.05, 0) is 56.9 Å². The van der Waals surface area contributed by atoms with Crippen LogP contribution in [0.5, 0.6) is 5.75 Å². The van der Waals surface area contributed by atoms with Gasteiger partial charge in [-0.1, -0.05) is 30.3 Å². The van der Waals surface area contributed by atoms with Crippen molar-refractivity contribution in [3.63, 3.8) is 0 Å². The van der Waals surface area contributed by atoms with Crippen LogP contribution in [0.2, 0.25) is 0 Å². The number of hydrogen-bond donors (Lipinski definition) is 2. The topological polar surface area (TPSA) is 103 Å². The summed E-state index contributed by atoms with van der Waals surface area (Å²) in [6.07, 6.45) is 5.45. The molecule has 2 amide bonds. The number of H-pyrrole nitrogens is 1. The fourth-order valence-corrected chi connectivity index (χ4v) is 6.02. The molecule has 2 aliphatic heterocycles. The second-order valence-corrected chi connectivity index (χ2v) is 12.1. The van der Waals surface area contributed by atoms with Crippen molar-refractivity contribution < 1.29 is 19.1 Å². The number of carbonyl (C=O) groups is 2. The third-order valence-electron chi connectivity index (χ3n) is 8.43. The van der Waals surface area contributed by atoms with Gasteiger partial charge in [-0.3, -0.25) is 14.7 Å². The third kappa shape index (κ3) is 8.99. The lowest BCUT2D eigenvalue weighted by Crippen LogP contribution is -2.54. The first kappa shape index (κ1) is 34.3. The minimum absolute atomic E-state index is 0. The molecule has 1 atom stereocenters. The monoisotopic (exact) mass is 638 g/mol. The molecule has 5 rings (SSSR count). The van der Waals surface area contributed by atoms with E-state index in [1.165, 1.54) is 0 Å². The zero-order valence-corrected chi connectivity index (χ0v) is 27.5. The molecular weight excluding hydrogens is 592 g/mol. The average molecular weight is 639 g/mol. The quantitative estimate of drug-likeness (QED) is 0.284. The molecule has 10 nitrogen and oxygen atoms in total. The molecule has 0 radical (unpaired) electrons. The summed E-state index contributed by atoms with van der Waals surface area (Å²) in [6, 6.07) is 16.2. The fourth-order valence-electron chi connectivity index (χ4n) is 6.02. The number of nitrogens with one attached hydrogen (secondary N) is 2. The molecular formula is C34H47ClN6O4. The van der Waals surface area contributed by atoms with Crippen molar-refractivity contribution in [3.05, 3.63) is 66.5 Å². The first-order valence-corrected chi connectivity index (χ1v) is 15.8. The number of amides is 2. The van der Waals surface area contributed by atoms with Gasteiger partial charge in [0.25, 0.3) is 5.91 Å². The number of piperazine rings is 1. The second kappa shape index (κ2) is 16.1. The van der Waals surface area contributed by atoms with Crippen LogP contribution in [-0.2, 0) is 20.9 Å². The Labute approximate surface area is 272 Å². The van der Waals surface area contributed by atoms with E-state index in [0.717, 1.165) is 54.9 Å². The normalized spacial score (nSPS) is 17.0. The molecule has 2 aromatic carbocycles. The molecule has 11 heteroatoms. The van der Waals surface area contributed by atoms with Gasteiger partial charge < -0.3 is 29.5 Å². The molecule has 0 bridgehead atoms. The van der Waals surface area contributed by atoms with E-state index >= 15 is 0 Å². The zero-order valence-electron chi connectivity index (χ0n) is 26.7. The van der Waals surface area contributed by atoms with Gasteiger partial charge in [-0.2, -0.15) is 5.10 Å². The standard InChI is InChI=1S/C34H46N6O4.ClH/c1-4-43-20-19-40(24-26-10-12-27(13-11-26)29-22-36-37-23-29)32(41)28-7-6-16-39(25-28)30-8-5-9-31(21-30)44-34(2,3)33(42)38-17-14-35-15-18-38;/h5,8-13,21-23,28,35H,4,6-7,14-20,24-25H2,1-3H3,(H,36,37);1H/t28-;/m0./s1. The predicted octanol–water partition coefficient (Wildman–Crippen LogP) is 4.37. The molecule has 3 aromatic rings. The molecule has 0 aliphatic carbocycles. The van der Waals surface area contributed by atoms with Crippen LogP contribution in [0.1, 0.15) is 39.2 Å². The molecule has 0 saturated carbocycles. The van der Waals surface area contributed by atoms with Crippen LogP contribution in [0.25, 0.3) is 11.1 Å². The van der Waals surface area contributed by atoms with E-state index in [9.17, 15) is 9.59 Å². The van der Waals surface area contributed by atoms with Gasteiger partial charge in [-0.15, -0.1) is 12.4 Å². The Morgan fingerprint density at radius 1 is 1.07 bits per heavy atom. The van der Waals surface area contributed by atoms with Gasteiger partial charge in [-0.25, -0.2) is 0 Å². The minimum atomic E-state index is -0.978. The minimum Gasteiger partial charge on any atom is -0.478 e. The van der Waals surface area contributed by atoms with E-state index in [2.05, 4.69) is 50.7 Å². The smallest absolute Gasteiger partial charge is 0.266 e. The maximum Gasteiger partial charge on any atom is 0.266 e. The Bertz CT molecular complexity index is 1360. The van der Waals surface area contributed by atoms with Gasteiger partial charge in [0.15, 0.2) is 5.60 Å². The summed E-state index contributed by atoms with van der Waals surface area (Å²) in [4.78, 5) is 33.2. The molecule has 45 heavy (non-hydrogen) atoms. The van der Waals surface area contributed by atoms with Crippen molar-refractivity contribution in [2.24, 2.45) is 5.92 Å². The van der Waals surface area contributed by atoms with E-state index in [0.29, 0.717) is 51.7 Å². The van der Waals surface area contributed by atoms with Crippen molar-refractivity contribution in [2.75, 3.05) is 63.9 Å².